The molecule has 100 valence electrons. The molecule has 0 aliphatic heterocycles. The zero-order valence-electron chi connectivity index (χ0n) is 9.90. The Bertz CT molecular complexity index is 623. The molecule has 0 spiro atoms. The summed E-state index contributed by atoms with van der Waals surface area (Å²) in [6, 6.07) is 8.91. The SMILES string of the molecule is O=C(CSCc1cc(=O)[nH][nH]1)Nc1cccc(Br)c1. The summed E-state index contributed by atoms with van der Waals surface area (Å²) < 4.78 is 0.919. The molecule has 2 rings (SSSR count). The number of benzene rings is 1. The van der Waals surface area contributed by atoms with Gasteiger partial charge in [0.1, 0.15) is 0 Å². The van der Waals surface area contributed by atoms with Crippen LogP contribution in [0.15, 0.2) is 39.6 Å². The molecule has 1 aromatic heterocycles. The van der Waals surface area contributed by atoms with Gasteiger partial charge in [0.25, 0.3) is 5.56 Å². The summed E-state index contributed by atoms with van der Waals surface area (Å²) in [5, 5.41) is 8.00. The highest BCUT2D eigenvalue weighted by atomic mass is 79.9. The van der Waals surface area contributed by atoms with E-state index in [1.807, 2.05) is 24.3 Å². The Morgan fingerprint density at radius 1 is 1.32 bits per heavy atom. The molecule has 0 aliphatic carbocycles. The maximum absolute atomic E-state index is 11.7. The van der Waals surface area contributed by atoms with Crippen LogP contribution >= 0.6 is 27.7 Å². The van der Waals surface area contributed by atoms with Crippen molar-refractivity contribution < 1.29 is 4.79 Å². The van der Waals surface area contributed by atoms with Crippen LogP contribution in [0.4, 0.5) is 5.69 Å². The molecule has 7 heteroatoms. The first-order valence-electron chi connectivity index (χ1n) is 5.53. The van der Waals surface area contributed by atoms with Crippen molar-refractivity contribution in [2.45, 2.75) is 5.75 Å². The maximum Gasteiger partial charge on any atom is 0.264 e. The summed E-state index contributed by atoms with van der Waals surface area (Å²) in [7, 11) is 0. The number of hydrogen-bond donors (Lipinski definition) is 3. The van der Waals surface area contributed by atoms with Crippen molar-refractivity contribution in [3.05, 3.63) is 50.9 Å². The monoisotopic (exact) mass is 341 g/mol. The Balaban J connectivity index is 1.77. The third kappa shape index (κ3) is 4.60. The third-order valence-corrected chi connectivity index (χ3v) is 3.73. The van der Waals surface area contributed by atoms with Gasteiger partial charge >= 0.3 is 0 Å². The number of rotatable bonds is 5. The van der Waals surface area contributed by atoms with E-state index in [1.165, 1.54) is 17.8 Å². The molecule has 0 fully saturated rings. The number of aromatic amines is 2. The van der Waals surface area contributed by atoms with Crippen LogP contribution in [0, 0.1) is 0 Å². The standard InChI is InChI=1S/C12H12BrN3O2S/c13-8-2-1-3-9(4-8)14-12(18)7-19-6-10-5-11(17)16-15-10/h1-5H,6-7H2,(H,14,18)(H2,15,16,17). The molecule has 0 radical (unpaired) electrons. The van der Waals surface area contributed by atoms with Gasteiger partial charge in [-0.2, -0.15) is 0 Å². The minimum atomic E-state index is -0.158. The maximum atomic E-state index is 11.7. The summed E-state index contributed by atoms with van der Waals surface area (Å²) in [6.07, 6.45) is 0. The van der Waals surface area contributed by atoms with Gasteiger partial charge in [0, 0.05) is 27.7 Å². The molecule has 2 aromatic rings. The molecule has 3 N–H and O–H groups in total. The summed E-state index contributed by atoms with van der Waals surface area (Å²) in [6.45, 7) is 0. The van der Waals surface area contributed by atoms with E-state index < -0.39 is 0 Å². The Labute approximate surface area is 122 Å². The molecule has 1 aromatic carbocycles. The number of halogens is 1. The van der Waals surface area contributed by atoms with E-state index in [4.69, 9.17) is 0 Å². The van der Waals surface area contributed by atoms with Crippen LogP contribution in [0.25, 0.3) is 0 Å². The van der Waals surface area contributed by atoms with Crippen molar-refractivity contribution >= 4 is 39.3 Å². The van der Waals surface area contributed by atoms with Gasteiger partial charge in [-0.15, -0.1) is 11.8 Å². The van der Waals surface area contributed by atoms with Gasteiger partial charge in [0.2, 0.25) is 5.91 Å². The van der Waals surface area contributed by atoms with Crippen LogP contribution in [-0.2, 0) is 10.5 Å². The average molecular weight is 342 g/mol. The topological polar surface area (TPSA) is 77.8 Å². The highest BCUT2D eigenvalue weighted by molar-refractivity contribution is 9.10. The van der Waals surface area contributed by atoms with Gasteiger partial charge in [0.15, 0.2) is 0 Å². The lowest BCUT2D eigenvalue weighted by Crippen LogP contribution is -2.14. The van der Waals surface area contributed by atoms with Gasteiger partial charge in [-0.1, -0.05) is 22.0 Å². The van der Waals surface area contributed by atoms with Crippen LogP contribution in [0.2, 0.25) is 0 Å². The zero-order chi connectivity index (χ0) is 13.7. The number of amides is 1. The fourth-order valence-corrected chi connectivity index (χ4v) is 2.60. The Morgan fingerprint density at radius 2 is 2.16 bits per heavy atom. The number of carbonyl (C=O) groups is 1. The second kappa shape index (κ2) is 6.63. The highest BCUT2D eigenvalue weighted by Gasteiger charge is 2.04. The summed E-state index contributed by atoms with van der Waals surface area (Å²) in [5.41, 5.74) is 1.38. The fraction of sp³-hybridized carbons (Fsp3) is 0.167. The highest BCUT2D eigenvalue weighted by Crippen LogP contribution is 2.16. The lowest BCUT2D eigenvalue weighted by Gasteiger charge is -2.05. The second-order valence-corrected chi connectivity index (χ2v) is 5.74. The van der Waals surface area contributed by atoms with Crippen LogP contribution < -0.4 is 10.9 Å². The molecular formula is C12H12BrN3O2S. The third-order valence-electron chi connectivity index (χ3n) is 2.25. The van der Waals surface area contributed by atoms with Crippen LogP contribution in [0.5, 0.6) is 0 Å². The lowest BCUT2D eigenvalue weighted by molar-refractivity contribution is -0.113. The van der Waals surface area contributed by atoms with E-state index in [0.29, 0.717) is 11.5 Å². The first-order chi connectivity index (χ1) is 9.13. The molecule has 1 heterocycles. The lowest BCUT2D eigenvalue weighted by atomic mass is 10.3. The van der Waals surface area contributed by atoms with Gasteiger partial charge in [0.05, 0.1) is 5.75 Å². The van der Waals surface area contributed by atoms with Crippen molar-refractivity contribution in [3.8, 4) is 0 Å². The number of thioether (sulfide) groups is 1. The van der Waals surface area contributed by atoms with E-state index in [-0.39, 0.29) is 11.5 Å². The summed E-state index contributed by atoms with van der Waals surface area (Å²) in [5.74, 6) is 0.852. The molecular weight excluding hydrogens is 330 g/mol. The molecule has 0 bridgehead atoms. The molecule has 0 saturated carbocycles. The van der Waals surface area contributed by atoms with Gasteiger partial charge in [-0.3, -0.25) is 14.7 Å². The predicted octanol–water partition coefficient (Wildman–Crippen LogP) is 2.34. The largest absolute Gasteiger partial charge is 0.325 e. The summed E-state index contributed by atoms with van der Waals surface area (Å²) >= 11 is 4.78. The normalized spacial score (nSPS) is 10.4. The van der Waals surface area contributed by atoms with Gasteiger partial charge in [-0.05, 0) is 18.2 Å². The number of aromatic nitrogens is 2. The van der Waals surface area contributed by atoms with Crippen molar-refractivity contribution in [1.29, 1.82) is 0 Å². The fourth-order valence-electron chi connectivity index (χ4n) is 1.47. The Morgan fingerprint density at radius 3 is 2.84 bits per heavy atom. The van der Waals surface area contributed by atoms with Crippen molar-refractivity contribution in [2.24, 2.45) is 0 Å². The van der Waals surface area contributed by atoms with Gasteiger partial charge in [-0.25, -0.2) is 0 Å². The van der Waals surface area contributed by atoms with E-state index in [1.54, 1.807) is 0 Å². The smallest absolute Gasteiger partial charge is 0.264 e. The number of hydrogen-bond acceptors (Lipinski definition) is 3. The number of H-pyrrole nitrogens is 2. The first-order valence-corrected chi connectivity index (χ1v) is 7.48. The van der Waals surface area contributed by atoms with Crippen molar-refractivity contribution in [1.82, 2.24) is 10.2 Å². The van der Waals surface area contributed by atoms with E-state index in [2.05, 4.69) is 31.4 Å². The molecule has 0 unspecified atom stereocenters. The summed E-state index contributed by atoms with van der Waals surface area (Å²) in [4.78, 5) is 22.6. The first kappa shape index (κ1) is 14.0. The van der Waals surface area contributed by atoms with Crippen molar-refractivity contribution in [3.63, 3.8) is 0 Å². The molecule has 5 nitrogen and oxygen atoms in total. The number of nitrogens with one attached hydrogen (secondary N) is 3. The van der Waals surface area contributed by atoms with E-state index >= 15 is 0 Å². The van der Waals surface area contributed by atoms with E-state index in [9.17, 15) is 9.59 Å². The predicted molar refractivity (Wildman–Crippen MR) is 80.3 cm³/mol. The molecule has 0 aliphatic rings. The number of carbonyl (C=O) groups excluding carboxylic acids is 1. The zero-order valence-corrected chi connectivity index (χ0v) is 12.3. The molecule has 1 amide bonds. The van der Waals surface area contributed by atoms with Crippen molar-refractivity contribution in [2.75, 3.05) is 11.1 Å². The molecule has 0 atom stereocenters. The van der Waals surface area contributed by atoms with Crippen LogP contribution in [0.3, 0.4) is 0 Å². The van der Waals surface area contributed by atoms with Crippen LogP contribution in [-0.4, -0.2) is 21.9 Å². The van der Waals surface area contributed by atoms with Crippen LogP contribution in [0.1, 0.15) is 5.69 Å². The number of anilines is 1. The Hall–Kier alpha value is -1.47. The van der Waals surface area contributed by atoms with E-state index in [0.717, 1.165) is 15.9 Å². The molecule has 19 heavy (non-hydrogen) atoms. The molecule has 0 saturated heterocycles. The van der Waals surface area contributed by atoms with Gasteiger partial charge < -0.3 is 10.4 Å². The Kier molecular flexibility index (Phi) is 4.86. The average Bonchev–Trinajstić information content (AvgIpc) is 2.75. The minimum absolute atomic E-state index is 0.0685. The second-order valence-electron chi connectivity index (χ2n) is 3.84. The minimum Gasteiger partial charge on any atom is -0.325 e. The quantitative estimate of drug-likeness (QED) is 0.781.